The molecule has 0 N–H and O–H groups in total. The van der Waals surface area contributed by atoms with Crippen LogP contribution in [0.15, 0.2) is 30.3 Å². The number of hydrogen-bond donors (Lipinski definition) is 0. The van der Waals surface area contributed by atoms with E-state index in [9.17, 15) is 5.26 Å². The number of nitriles is 1. The van der Waals surface area contributed by atoms with Crippen LogP contribution >= 0.6 is 0 Å². The molecular weight excluding hydrogens is 260 g/mol. The van der Waals surface area contributed by atoms with E-state index in [0.29, 0.717) is 11.6 Å². The molecular formula is C17H18N4. The highest BCUT2D eigenvalue weighted by molar-refractivity contribution is 5.44. The van der Waals surface area contributed by atoms with E-state index in [1.807, 2.05) is 18.2 Å². The number of anilines is 1. The molecule has 2 aromatic rings. The number of rotatable bonds is 4. The Kier molecular flexibility index (Phi) is 3.83. The van der Waals surface area contributed by atoms with Crippen LogP contribution in [0.4, 0.5) is 5.95 Å². The highest BCUT2D eigenvalue weighted by Crippen LogP contribution is 2.25. The largest absolute Gasteiger partial charge is 0.337 e. The van der Waals surface area contributed by atoms with Crippen LogP contribution < -0.4 is 4.90 Å². The van der Waals surface area contributed by atoms with Gasteiger partial charge < -0.3 is 4.90 Å². The van der Waals surface area contributed by atoms with Crippen LogP contribution in [0.2, 0.25) is 0 Å². The maximum Gasteiger partial charge on any atom is 0.227 e. The van der Waals surface area contributed by atoms with Gasteiger partial charge in [-0.05, 0) is 31.7 Å². The van der Waals surface area contributed by atoms with Crippen molar-refractivity contribution in [1.82, 2.24) is 9.97 Å². The molecule has 1 aliphatic rings. The Labute approximate surface area is 125 Å². The molecule has 1 aliphatic carbocycles. The molecule has 4 nitrogen and oxygen atoms in total. The van der Waals surface area contributed by atoms with E-state index in [0.717, 1.165) is 43.6 Å². The van der Waals surface area contributed by atoms with E-state index < -0.39 is 0 Å². The van der Waals surface area contributed by atoms with Gasteiger partial charge >= 0.3 is 0 Å². The number of benzene rings is 1. The quantitative estimate of drug-likeness (QED) is 0.863. The zero-order chi connectivity index (χ0) is 14.7. The van der Waals surface area contributed by atoms with Gasteiger partial charge in [-0.25, -0.2) is 9.97 Å². The molecule has 106 valence electrons. The average Bonchev–Trinajstić information content (AvgIpc) is 3.01. The molecule has 21 heavy (non-hydrogen) atoms. The van der Waals surface area contributed by atoms with Gasteiger partial charge in [0.2, 0.25) is 5.95 Å². The van der Waals surface area contributed by atoms with Crippen molar-refractivity contribution in [2.45, 2.75) is 32.7 Å². The minimum absolute atomic E-state index is 0.555. The molecule has 3 rings (SSSR count). The topological polar surface area (TPSA) is 52.8 Å². The minimum atomic E-state index is 0.555. The zero-order valence-corrected chi connectivity index (χ0v) is 12.2. The van der Waals surface area contributed by atoms with Crippen molar-refractivity contribution in [1.29, 1.82) is 5.26 Å². The summed E-state index contributed by atoms with van der Waals surface area (Å²) in [6.07, 6.45) is 2.97. The fourth-order valence-corrected chi connectivity index (χ4v) is 2.78. The Morgan fingerprint density at radius 2 is 2.00 bits per heavy atom. The molecule has 0 bridgehead atoms. The highest BCUT2D eigenvalue weighted by Gasteiger charge is 2.21. The summed E-state index contributed by atoms with van der Waals surface area (Å²) in [5.41, 5.74) is 3.89. The Bertz CT molecular complexity index is 673. The van der Waals surface area contributed by atoms with Gasteiger partial charge in [-0.3, -0.25) is 0 Å². The van der Waals surface area contributed by atoms with Crippen molar-refractivity contribution >= 4 is 5.95 Å². The summed E-state index contributed by atoms with van der Waals surface area (Å²) < 4.78 is 0. The molecule has 0 saturated carbocycles. The van der Waals surface area contributed by atoms with Gasteiger partial charge in [-0.2, -0.15) is 5.26 Å². The first-order valence-corrected chi connectivity index (χ1v) is 7.40. The molecule has 0 fully saturated rings. The number of hydrogen-bond acceptors (Lipinski definition) is 4. The van der Waals surface area contributed by atoms with Crippen LogP contribution in [0.3, 0.4) is 0 Å². The van der Waals surface area contributed by atoms with Gasteiger partial charge in [0.15, 0.2) is 0 Å². The second-order valence-electron chi connectivity index (χ2n) is 5.26. The molecule has 1 aromatic heterocycles. The van der Waals surface area contributed by atoms with Crippen LogP contribution in [0.5, 0.6) is 0 Å². The molecule has 0 spiro atoms. The van der Waals surface area contributed by atoms with E-state index in [1.165, 1.54) is 5.56 Å². The fraction of sp³-hybridized carbons (Fsp3) is 0.353. The standard InChI is InChI=1S/C17H18N4/c1-2-21(12-13-7-4-3-5-8-13)17-19-15-10-6-9-14(15)16(11-18)20-17/h3-5,7-8H,2,6,9-10,12H2,1H3. The maximum absolute atomic E-state index is 9.31. The van der Waals surface area contributed by atoms with Gasteiger partial charge in [-0.15, -0.1) is 0 Å². The Morgan fingerprint density at radius 1 is 1.19 bits per heavy atom. The Hall–Kier alpha value is -2.41. The van der Waals surface area contributed by atoms with Crippen molar-refractivity contribution in [3.8, 4) is 6.07 Å². The predicted octanol–water partition coefficient (Wildman–Crippen LogP) is 2.86. The lowest BCUT2D eigenvalue weighted by Crippen LogP contribution is -2.25. The van der Waals surface area contributed by atoms with E-state index >= 15 is 0 Å². The van der Waals surface area contributed by atoms with Crippen molar-refractivity contribution in [3.05, 3.63) is 52.8 Å². The predicted molar refractivity (Wildman–Crippen MR) is 81.9 cm³/mol. The molecule has 0 saturated heterocycles. The van der Waals surface area contributed by atoms with Gasteiger partial charge in [-0.1, -0.05) is 30.3 Å². The first-order chi connectivity index (χ1) is 10.3. The molecule has 1 aromatic carbocycles. The monoisotopic (exact) mass is 278 g/mol. The first kappa shape index (κ1) is 13.6. The highest BCUT2D eigenvalue weighted by atomic mass is 15.2. The van der Waals surface area contributed by atoms with Crippen molar-refractivity contribution < 1.29 is 0 Å². The van der Waals surface area contributed by atoms with Crippen molar-refractivity contribution in [2.24, 2.45) is 0 Å². The summed E-state index contributed by atoms with van der Waals surface area (Å²) in [5.74, 6) is 0.679. The lowest BCUT2D eigenvalue weighted by Gasteiger charge is -2.21. The number of aryl methyl sites for hydroxylation is 1. The molecule has 0 aliphatic heterocycles. The molecule has 1 heterocycles. The summed E-state index contributed by atoms with van der Waals surface area (Å²) in [5, 5.41) is 9.31. The van der Waals surface area contributed by atoms with Crippen LogP contribution in [-0.2, 0) is 19.4 Å². The number of aromatic nitrogens is 2. The summed E-state index contributed by atoms with van der Waals surface area (Å²) in [6, 6.07) is 12.5. The molecule has 0 atom stereocenters. The zero-order valence-electron chi connectivity index (χ0n) is 12.2. The van der Waals surface area contributed by atoms with Crippen molar-refractivity contribution in [2.75, 3.05) is 11.4 Å². The maximum atomic E-state index is 9.31. The molecule has 0 amide bonds. The summed E-state index contributed by atoms with van der Waals surface area (Å²) >= 11 is 0. The van der Waals surface area contributed by atoms with Gasteiger partial charge in [0.05, 0.1) is 5.69 Å². The van der Waals surface area contributed by atoms with Crippen LogP contribution in [0.25, 0.3) is 0 Å². The second-order valence-corrected chi connectivity index (χ2v) is 5.26. The molecule has 4 heteroatoms. The molecule has 0 radical (unpaired) electrons. The fourth-order valence-electron chi connectivity index (χ4n) is 2.78. The van der Waals surface area contributed by atoms with Crippen LogP contribution in [-0.4, -0.2) is 16.5 Å². The lowest BCUT2D eigenvalue weighted by molar-refractivity contribution is 0.782. The van der Waals surface area contributed by atoms with Crippen LogP contribution in [0, 0.1) is 11.3 Å². The first-order valence-electron chi connectivity index (χ1n) is 7.40. The summed E-state index contributed by atoms with van der Waals surface area (Å²) in [6.45, 7) is 3.67. The average molecular weight is 278 g/mol. The SMILES string of the molecule is CCN(Cc1ccccc1)c1nc(C#N)c2c(n1)CCC2. The van der Waals surface area contributed by atoms with E-state index in [1.54, 1.807) is 0 Å². The van der Waals surface area contributed by atoms with Gasteiger partial charge in [0.1, 0.15) is 11.8 Å². The minimum Gasteiger partial charge on any atom is -0.337 e. The Morgan fingerprint density at radius 3 is 2.71 bits per heavy atom. The van der Waals surface area contributed by atoms with Gasteiger partial charge in [0.25, 0.3) is 0 Å². The third-order valence-electron chi connectivity index (χ3n) is 3.91. The number of nitrogens with zero attached hydrogens (tertiary/aromatic N) is 4. The third kappa shape index (κ3) is 2.73. The smallest absolute Gasteiger partial charge is 0.227 e. The lowest BCUT2D eigenvalue weighted by atomic mass is 10.2. The normalized spacial score (nSPS) is 12.8. The number of fused-ring (bicyclic) bond motifs is 1. The van der Waals surface area contributed by atoms with Crippen LogP contribution in [0.1, 0.15) is 35.9 Å². The second kappa shape index (κ2) is 5.92. The van der Waals surface area contributed by atoms with Crippen molar-refractivity contribution in [3.63, 3.8) is 0 Å². The van der Waals surface area contributed by atoms with E-state index in [-0.39, 0.29) is 0 Å². The molecule has 0 unspecified atom stereocenters. The summed E-state index contributed by atoms with van der Waals surface area (Å²) in [7, 11) is 0. The Balaban J connectivity index is 1.93. The van der Waals surface area contributed by atoms with Gasteiger partial charge in [0, 0.05) is 18.7 Å². The van der Waals surface area contributed by atoms with E-state index in [2.05, 4.69) is 35.0 Å². The summed E-state index contributed by atoms with van der Waals surface area (Å²) in [4.78, 5) is 11.3. The third-order valence-corrected chi connectivity index (χ3v) is 3.91. The van der Waals surface area contributed by atoms with E-state index in [4.69, 9.17) is 4.98 Å².